The van der Waals surface area contributed by atoms with Crippen LogP contribution in [0.2, 0.25) is 0 Å². The molecule has 1 aliphatic rings. The SMILES string of the molecule is CC=CC(=O)N1CCCCC1C(N)=O. The highest BCUT2D eigenvalue weighted by atomic mass is 16.2. The Labute approximate surface area is 83.8 Å². The van der Waals surface area contributed by atoms with E-state index in [4.69, 9.17) is 5.73 Å². The number of piperidine rings is 1. The summed E-state index contributed by atoms with van der Waals surface area (Å²) >= 11 is 0. The number of carbonyl (C=O) groups is 2. The molecule has 0 saturated carbocycles. The second-order valence-corrected chi connectivity index (χ2v) is 3.45. The van der Waals surface area contributed by atoms with Crippen molar-refractivity contribution in [3.05, 3.63) is 12.2 Å². The molecule has 0 aliphatic carbocycles. The Morgan fingerprint density at radius 3 is 2.71 bits per heavy atom. The second kappa shape index (κ2) is 4.79. The summed E-state index contributed by atoms with van der Waals surface area (Å²) in [5, 5.41) is 0. The number of carbonyl (C=O) groups excluding carboxylic acids is 2. The molecule has 4 heteroatoms. The molecule has 1 rings (SSSR count). The van der Waals surface area contributed by atoms with Gasteiger partial charge in [0, 0.05) is 6.54 Å². The van der Waals surface area contributed by atoms with E-state index in [-0.39, 0.29) is 5.91 Å². The van der Waals surface area contributed by atoms with Crippen LogP contribution in [-0.4, -0.2) is 29.3 Å². The molecular weight excluding hydrogens is 180 g/mol. The van der Waals surface area contributed by atoms with E-state index in [9.17, 15) is 9.59 Å². The third-order valence-corrected chi connectivity index (χ3v) is 2.42. The van der Waals surface area contributed by atoms with Crippen LogP contribution in [0.4, 0.5) is 0 Å². The van der Waals surface area contributed by atoms with E-state index in [1.54, 1.807) is 17.9 Å². The quantitative estimate of drug-likeness (QED) is 0.651. The highest BCUT2D eigenvalue weighted by Crippen LogP contribution is 2.16. The minimum Gasteiger partial charge on any atom is -0.368 e. The van der Waals surface area contributed by atoms with Crippen LogP contribution in [-0.2, 0) is 9.59 Å². The van der Waals surface area contributed by atoms with Crippen molar-refractivity contribution in [2.75, 3.05) is 6.54 Å². The van der Waals surface area contributed by atoms with E-state index < -0.39 is 11.9 Å². The summed E-state index contributed by atoms with van der Waals surface area (Å²) in [4.78, 5) is 24.2. The first-order chi connectivity index (χ1) is 6.66. The molecule has 1 fully saturated rings. The third kappa shape index (κ3) is 2.34. The number of amides is 2. The lowest BCUT2D eigenvalue weighted by molar-refractivity contribution is -0.137. The van der Waals surface area contributed by atoms with Crippen LogP contribution in [0.15, 0.2) is 12.2 Å². The number of likely N-dealkylation sites (tertiary alicyclic amines) is 1. The van der Waals surface area contributed by atoms with Crippen molar-refractivity contribution < 1.29 is 9.59 Å². The van der Waals surface area contributed by atoms with Gasteiger partial charge in [0.1, 0.15) is 6.04 Å². The first-order valence-electron chi connectivity index (χ1n) is 4.89. The zero-order valence-electron chi connectivity index (χ0n) is 8.40. The van der Waals surface area contributed by atoms with Crippen LogP contribution in [0.5, 0.6) is 0 Å². The van der Waals surface area contributed by atoms with Gasteiger partial charge in [0.2, 0.25) is 11.8 Å². The van der Waals surface area contributed by atoms with Gasteiger partial charge in [-0.1, -0.05) is 6.08 Å². The normalized spacial score (nSPS) is 22.6. The Morgan fingerprint density at radius 2 is 2.14 bits per heavy atom. The van der Waals surface area contributed by atoms with Crippen LogP contribution in [0.1, 0.15) is 26.2 Å². The van der Waals surface area contributed by atoms with Crippen LogP contribution in [0.3, 0.4) is 0 Å². The number of nitrogens with two attached hydrogens (primary N) is 1. The fourth-order valence-electron chi connectivity index (χ4n) is 1.73. The molecule has 0 spiro atoms. The maximum Gasteiger partial charge on any atom is 0.246 e. The monoisotopic (exact) mass is 196 g/mol. The molecule has 14 heavy (non-hydrogen) atoms. The van der Waals surface area contributed by atoms with Crippen LogP contribution in [0, 0.1) is 0 Å². The van der Waals surface area contributed by atoms with Gasteiger partial charge < -0.3 is 10.6 Å². The maximum absolute atomic E-state index is 11.5. The Hall–Kier alpha value is -1.32. The standard InChI is InChI=1S/C10H16N2O2/c1-2-5-9(13)12-7-4-3-6-8(12)10(11)14/h2,5,8H,3-4,6-7H2,1H3,(H2,11,14). The number of hydrogen-bond donors (Lipinski definition) is 1. The van der Waals surface area contributed by atoms with Crippen molar-refractivity contribution in [1.82, 2.24) is 4.90 Å². The zero-order chi connectivity index (χ0) is 10.6. The number of allylic oxidation sites excluding steroid dienone is 1. The van der Waals surface area contributed by atoms with Gasteiger partial charge in [-0.05, 0) is 32.3 Å². The summed E-state index contributed by atoms with van der Waals surface area (Å²) in [6, 6.07) is -0.410. The van der Waals surface area contributed by atoms with E-state index >= 15 is 0 Å². The summed E-state index contributed by atoms with van der Waals surface area (Å²) < 4.78 is 0. The summed E-state index contributed by atoms with van der Waals surface area (Å²) in [7, 11) is 0. The summed E-state index contributed by atoms with van der Waals surface area (Å²) in [6.07, 6.45) is 5.76. The second-order valence-electron chi connectivity index (χ2n) is 3.45. The molecule has 78 valence electrons. The summed E-state index contributed by atoms with van der Waals surface area (Å²) in [5.41, 5.74) is 5.23. The van der Waals surface area contributed by atoms with Gasteiger partial charge in [-0.3, -0.25) is 9.59 Å². The Morgan fingerprint density at radius 1 is 1.43 bits per heavy atom. The van der Waals surface area contributed by atoms with Crippen molar-refractivity contribution >= 4 is 11.8 Å². The molecule has 0 bridgehead atoms. The lowest BCUT2D eigenvalue weighted by atomic mass is 10.0. The van der Waals surface area contributed by atoms with Crippen LogP contribution in [0.25, 0.3) is 0 Å². The number of hydrogen-bond acceptors (Lipinski definition) is 2. The topological polar surface area (TPSA) is 63.4 Å². The number of nitrogens with zero attached hydrogens (tertiary/aromatic N) is 1. The predicted octanol–water partition coefficient (Wildman–Crippen LogP) is 0.429. The lowest BCUT2D eigenvalue weighted by Gasteiger charge is -2.32. The van der Waals surface area contributed by atoms with Crippen molar-refractivity contribution in [2.45, 2.75) is 32.2 Å². The highest BCUT2D eigenvalue weighted by molar-refractivity contribution is 5.92. The summed E-state index contributed by atoms with van der Waals surface area (Å²) in [6.45, 7) is 2.41. The van der Waals surface area contributed by atoms with E-state index in [2.05, 4.69) is 0 Å². The van der Waals surface area contributed by atoms with Crippen molar-refractivity contribution in [2.24, 2.45) is 5.73 Å². The zero-order valence-corrected chi connectivity index (χ0v) is 8.40. The molecule has 0 aromatic rings. The van der Waals surface area contributed by atoms with E-state index in [0.29, 0.717) is 13.0 Å². The minimum absolute atomic E-state index is 0.115. The molecule has 4 nitrogen and oxygen atoms in total. The highest BCUT2D eigenvalue weighted by Gasteiger charge is 2.29. The third-order valence-electron chi connectivity index (χ3n) is 2.42. The summed E-state index contributed by atoms with van der Waals surface area (Å²) in [5.74, 6) is -0.515. The fraction of sp³-hybridized carbons (Fsp3) is 0.600. The smallest absolute Gasteiger partial charge is 0.246 e. The van der Waals surface area contributed by atoms with Crippen molar-refractivity contribution in [3.8, 4) is 0 Å². The van der Waals surface area contributed by atoms with E-state index in [1.807, 2.05) is 0 Å². The predicted molar refractivity (Wildman–Crippen MR) is 53.4 cm³/mol. The molecular formula is C10H16N2O2. The largest absolute Gasteiger partial charge is 0.368 e. The van der Waals surface area contributed by atoms with Crippen LogP contribution >= 0.6 is 0 Å². The van der Waals surface area contributed by atoms with E-state index in [1.165, 1.54) is 6.08 Å². The van der Waals surface area contributed by atoms with Crippen molar-refractivity contribution in [3.63, 3.8) is 0 Å². The number of primary amides is 1. The first kappa shape index (κ1) is 10.8. The molecule has 2 N–H and O–H groups in total. The molecule has 1 atom stereocenters. The van der Waals surface area contributed by atoms with Gasteiger partial charge in [0.05, 0.1) is 0 Å². The fourth-order valence-corrected chi connectivity index (χ4v) is 1.73. The van der Waals surface area contributed by atoms with Gasteiger partial charge in [-0.15, -0.1) is 0 Å². The molecule has 2 amide bonds. The average molecular weight is 196 g/mol. The van der Waals surface area contributed by atoms with Crippen LogP contribution < -0.4 is 5.73 Å². The molecule has 1 heterocycles. The molecule has 0 aromatic heterocycles. The van der Waals surface area contributed by atoms with Gasteiger partial charge in [0.25, 0.3) is 0 Å². The Balaban J connectivity index is 2.72. The lowest BCUT2D eigenvalue weighted by Crippen LogP contribution is -2.49. The van der Waals surface area contributed by atoms with Crippen molar-refractivity contribution in [1.29, 1.82) is 0 Å². The molecule has 0 radical (unpaired) electrons. The molecule has 0 aromatic carbocycles. The van der Waals surface area contributed by atoms with Gasteiger partial charge in [-0.25, -0.2) is 0 Å². The van der Waals surface area contributed by atoms with E-state index in [0.717, 1.165) is 12.8 Å². The number of rotatable bonds is 2. The average Bonchev–Trinajstić information content (AvgIpc) is 2.18. The van der Waals surface area contributed by atoms with Gasteiger partial charge >= 0.3 is 0 Å². The first-order valence-corrected chi connectivity index (χ1v) is 4.89. The Bertz CT molecular complexity index is 261. The molecule has 1 unspecified atom stereocenters. The molecule has 1 saturated heterocycles. The van der Waals surface area contributed by atoms with Gasteiger partial charge in [0.15, 0.2) is 0 Å². The Kier molecular flexibility index (Phi) is 3.68. The molecule has 1 aliphatic heterocycles. The minimum atomic E-state index is -0.410. The van der Waals surface area contributed by atoms with Gasteiger partial charge in [-0.2, -0.15) is 0 Å². The maximum atomic E-state index is 11.5.